The molecular weight excluding hydrogens is 400 g/mol. The SMILES string of the molecule is O=C(NC1CCSc2ccc(Cl)cc21)c1ccn(-c2cccc([N+](=O)[O-])c2)n1. The maximum Gasteiger partial charge on any atom is 0.272 e. The third kappa shape index (κ3) is 3.74. The molecule has 2 aromatic carbocycles. The van der Waals surface area contributed by atoms with E-state index in [-0.39, 0.29) is 23.3 Å². The molecule has 0 aliphatic carbocycles. The summed E-state index contributed by atoms with van der Waals surface area (Å²) < 4.78 is 1.45. The van der Waals surface area contributed by atoms with Crippen molar-refractivity contribution in [3.8, 4) is 5.69 Å². The van der Waals surface area contributed by atoms with E-state index in [2.05, 4.69) is 10.4 Å². The Kier molecular flexibility index (Phi) is 5.06. The molecular formula is C19H15ClN4O3S. The van der Waals surface area contributed by atoms with Gasteiger partial charge in [-0.1, -0.05) is 17.7 Å². The molecule has 142 valence electrons. The molecule has 1 aliphatic heterocycles. The van der Waals surface area contributed by atoms with Crippen molar-refractivity contribution >= 4 is 35.0 Å². The predicted molar refractivity (Wildman–Crippen MR) is 107 cm³/mol. The summed E-state index contributed by atoms with van der Waals surface area (Å²) in [6.07, 6.45) is 2.41. The lowest BCUT2D eigenvalue weighted by atomic mass is 10.0. The molecule has 1 aromatic heterocycles. The molecule has 7 nitrogen and oxygen atoms in total. The Balaban J connectivity index is 1.54. The number of aromatic nitrogens is 2. The van der Waals surface area contributed by atoms with Crippen molar-refractivity contribution in [3.05, 3.63) is 81.1 Å². The monoisotopic (exact) mass is 414 g/mol. The average Bonchev–Trinajstić information content (AvgIpc) is 3.19. The molecule has 0 radical (unpaired) electrons. The summed E-state index contributed by atoms with van der Waals surface area (Å²) in [6, 6.07) is 13.2. The van der Waals surface area contributed by atoms with Gasteiger partial charge in [0.25, 0.3) is 11.6 Å². The number of amides is 1. The van der Waals surface area contributed by atoms with Crippen LogP contribution in [0.4, 0.5) is 5.69 Å². The fourth-order valence-corrected chi connectivity index (χ4v) is 4.37. The Morgan fingerprint density at radius 1 is 1.29 bits per heavy atom. The molecule has 0 fully saturated rings. The Hall–Kier alpha value is -2.84. The quantitative estimate of drug-likeness (QED) is 0.504. The van der Waals surface area contributed by atoms with E-state index in [1.807, 2.05) is 18.2 Å². The van der Waals surface area contributed by atoms with Gasteiger partial charge >= 0.3 is 0 Å². The zero-order valence-electron chi connectivity index (χ0n) is 14.5. The standard InChI is InChI=1S/C19H15ClN4O3S/c20-12-4-5-18-15(10-12)16(7-9-28-18)21-19(25)17-6-8-23(22-17)13-2-1-3-14(11-13)24(26)27/h1-6,8,10-11,16H,7,9H2,(H,21,25). The summed E-state index contributed by atoms with van der Waals surface area (Å²) in [4.78, 5) is 24.3. The number of nitro groups is 1. The highest BCUT2D eigenvalue weighted by molar-refractivity contribution is 7.99. The van der Waals surface area contributed by atoms with Crippen LogP contribution in [0.1, 0.15) is 28.5 Å². The first-order chi connectivity index (χ1) is 13.5. The van der Waals surface area contributed by atoms with Crippen LogP contribution in [0.25, 0.3) is 5.69 Å². The molecule has 1 amide bonds. The Bertz CT molecular complexity index is 1070. The Labute approximate surface area is 169 Å². The van der Waals surface area contributed by atoms with Gasteiger partial charge in [0.15, 0.2) is 5.69 Å². The summed E-state index contributed by atoms with van der Waals surface area (Å²) in [5, 5.41) is 18.9. The number of hydrogen-bond donors (Lipinski definition) is 1. The number of nitrogens with zero attached hydrogens (tertiary/aromatic N) is 3. The van der Waals surface area contributed by atoms with Gasteiger partial charge in [0.2, 0.25) is 0 Å². The molecule has 2 heterocycles. The number of carbonyl (C=O) groups is 1. The molecule has 1 N–H and O–H groups in total. The number of carbonyl (C=O) groups excluding carboxylic acids is 1. The van der Waals surface area contributed by atoms with Gasteiger partial charge in [-0.2, -0.15) is 5.10 Å². The summed E-state index contributed by atoms with van der Waals surface area (Å²) in [5.41, 5.74) is 1.73. The van der Waals surface area contributed by atoms with Gasteiger partial charge in [0.05, 0.1) is 16.7 Å². The number of non-ortho nitro benzene ring substituents is 1. The summed E-state index contributed by atoms with van der Waals surface area (Å²) in [6.45, 7) is 0. The van der Waals surface area contributed by atoms with Crippen LogP contribution in [-0.4, -0.2) is 26.4 Å². The summed E-state index contributed by atoms with van der Waals surface area (Å²) >= 11 is 7.86. The predicted octanol–water partition coefficient (Wildman–Crippen LogP) is 4.40. The van der Waals surface area contributed by atoms with Crippen LogP contribution in [0, 0.1) is 10.1 Å². The minimum Gasteiger partial charge on any atom is -0.344 e. The molecule has 28 heavy (non-hydrogen) atoms. The van der Waals surface area contributed by atoms with Gasteiger partial charge in [-0.3, -0.25) is 14.9 Å². The van der Waals surface area contributed by atoms with Gasteiger partial charge in [-0.25, -0.2) is 4.68 Å². The van der Waals surface area contributed by atoms with Crippen LogP contribution in [0.3, 0.4) is 0 Å². The van der Waals surface area contributed by atoms with Crippen molar-refractivity contribution < 1.29 is 9.72 Å². The van der Waals surface area contributed by atoms with E-state index in [4.69, 9.17) is 11.6 Å². The van der Waals surface area contributed by atoms with E-state index >= 15 is 0 Å². The van der Waals surface area contributed by atoms with Crippen LogP contribution in [0.15, 0.2) is 59.6 Å². The average molecular weight is 415 g/mol. The molecule has 1 unspecified atom stereocenters. The van der Waals surface area contributed by atoms with E-state index in [1.165, 1.54) is 16.8 Å². The zero-order valence-corrected chi connectivity index (χ0v) is 16.1. The first-order valence-corrected chi connectivity index (χ1v) is 9.91. The second kappa shape index (κ2) is 7.65. The fraction of sp³-hybridized carbons (Fsp3) is 0.158. The van der Waals surface area contributed by atoms with E-state index in [0.29, 0.717) is 10.7 Å². The van der Waals surface area contributed by atoms with Gasteiger partial charge in [0, 0.05) is 34.0 Å². The number of hydrogen-bond acceptors (Lipinski definition) is 5. The number of thioether (sulfide) groups is 1. The Morgan fingerprint density at radius 2 is 2.14 bits per heavy atom. The van der Waals surface area contributed by atoms with E-state index in [0.717, 1.165) is 22.6 Å². The minimum atomic E-state index is -0.468. The van der Waals surface area contributed by atoms with Gasteiger partial charge in [-0.15, -0.1) is 11.8 Å². The molecule has 1 atom stereocenters. The number of fused-ring (bicyclic) bond motifs is 1. The fourth-order valence-electron chi connectivity index (χ4n) is 3.09. The van der Waals surface area contributed by atoms with Gasteiger partial charge in [-0.05, 0) is 42.3 Å². The summed E-state index contributed by atoms with van der Waals surface area (Å²) in [7, 11) is 0. The van der Waals surface area contributed by atoms with Gasteiger partial charge in [0.1, 0.15) is 0 Å². The summed E-state index contributed by atoms with van der Waals surface area (Å²) in [5.74, 6) is 0.605. The normalized spacial score (nSPS) is 15.7. The van der Waals surface area contributed by atoms with Crippen LogP contribution in [0.2, 0.25) is 5.02 Å². The second-order valence-electron chi connectivity index (χ2n) is 6.27. The number of benzene rings is 2. The molecule has 4 rings (SSSR count). The smallest absolute Gasteiger partial charge is 0.272 e. The number of halogens is 1. The van der Waals surface area contributed by atoms with Crippen molar-refractivity contribution in [2.45, 2.75) is 17.4 Å². The zero-order chi connectivity index (χ0) is 19.7. The largest absolute Gasteiger partial charge is 0.344 e. The first-order valence-electron chi connectivity index (χ1n) is 8.55. The van der Waals surface area contributed by atoms with Crippen LogP contribution >= 0.6 is 23.4 Å². The van der Waals surface area contributed by atoms with E-state index in [9.17, 15) is 14.9 Å². The maximum absolute atomic E-state index is 12.7. The highest BCUT2D eigenvalue weighted by atomic mass is 35.5. The molecule has 0 spiro atoms. The van der Waals surface area contributed by atoms with Crippen molar-refractivity contribution in [2.75, 3.05) is 5.75 Å². The third-order valence-electron chi connectivity index (χ3n) is 4.44. The number of nitrogens with one attached hydrogen (secondary N) is 1. The van der Waals surface area contributed by atoms with E-state index in [1.54, 1.807) is 36.2 Å². The van der Waals surface area contributed by atoms with Gasteiger partial charge < -0.3 is 5.32 Å². The molecule has 0 bridgehead atoms. The third-order valence-corrected chi connectivity index (χ3v) is 5.80. The highest BCUT2D eigenvalue weighted by Crippen LogP contribution is 2.37. The topological polar surface area (TPSA) is 90.1 Å². The van der Waals surface area contributed by atoms with Crippen LogP contribution in [-0.2, 0) is 0 Å². The lowest BCUT2D eigenvalue weighted by molar-refractivity contribution is -0.384. The minimum absolute atomic E-state index is 0.0350. The molecule has 1 aliphatic rings. The first kappa shape index (κ1) is 18.5. The second-order valence-corrected chi connectivity index (χ2v) is 7.84. The lowest BCUT2D eigenvalue weighted by Gasteiger charge is -2.25. The number of nitro benzene ring substituents is 1. The molecule has 0 saturated carbocycles. The van der Waals surface area contributed by atoms with Crippen molar-refractivity contribution in [2.24, 2.45) is 0 Å². The Morgan fingerprint density at radius 3 is 2.96 bits per heavy atom. The number of rotatable bonds is 4. The van der Waals surface area contributed by atoms with Crippen molar-refractivity contribution in [3.63, 3.8) is 0 Å². The molecule has 3 aromatic rings. The van der Waals surface area contributed by atoms with Crippen LogP contribution < -0.4 is 5.32 Å². The van der Waals surface area contributed by atoms with Crippen molar-refractivity contribution in [1.29, 1.82) is 0 Å². The molecule has 0 saturated heterocycles. The van der Waals surface area contributed by atoms with Crippen molar-refractivity contribution in [1.82, 2.24) is 15.1 Å². The molecule has 9 heteroatoms. The highest BCUT2D eigenvalue weighted by Gasteiger charge is 2.24. The lowest BCUT2D eigenvalue weighted by Crippen LogP contribution is -2.31. The van der Waals surface area contributed by atoms with Crippen LogP contribution in [0.5, 0.6) is 0 Å². The van der Waals surface area contributed by atoms with E-state index < -0.39 is 4.92 Å². The maximum atomic E-state index is 12.7.